The molecule has 0 N–H and O–H groups in total. The lowest BCUT2D eigenvalue weighted by Gasteiger charge is -2.13. The van der Waals surface area contributed by atoms with Gasteiger partial charge < -0.3 is 4.90 Å². The highest BCUT2D eigenvalue weighted by atomic mass is 16.1. The summed E-state index contributed by atoms with van der Waals surface area (Å²) in [7, 11) is 1.96. The molecule has 2 nitrogen and oxygen atoms in total. The van der Waals surface area contributed by atoms with Gasteiger partial charge in [0.25, 0.3) is 0 Å². The summed E-state index contributed by atoms with van der Waals surface area (Å²) in [5.41, 5.74) is 1.24. The summed E-state index contributed by atoms with van der Waals surface area (Å²) in [4.78, 5) is 13.1. The first-order chi connectivity index (χ1) is 7.22. The monoisotopic (exact) mass is 203 g/mol. The van der Waals surface area contributed by atoms with Crippen molar-refractivity contribution in [3.63, 3.8) is 0 Å². The fourth-order valence-corrected chi connectivity index (χ4v) is 1.25. The van der Waals surface area contributed by atoms with Crippen LogP contribution in [0.5, 0.6) is 0 Å². The highest BCUT2D eigenvalue weighted by molar-refractivity contribution is 5.89. The first-order valence-corrected chi connectivity index (χ1v) is 5.17. The molecule has 1 rings (SSSR count). The highest BCUT2D eigenvalue weighted by Gasteiger charge is 1.95. The van der Waals surface area contributed by atoms with Crippen LogP contribution in [0.25, 0.3) is 0 Å². The van der Waals surface area contributed by atoms with E-state index in [9.17, 15) is 4.79 Å². The van der Waals surface area contributed by atoms with Gasteiger partial charge in [0.1, 0.15) is 0 Å². The second-order valence-electron chi connectivity index (χ2n) is 3.54. The molecule has 0 bridgehead atoms. The topological polar surface area (TPSA) is 20.3 Å². The first kappa shape index (κ1) is 11.5. The van der Waals surface area contributed by atoms with Gasteiger partial charge >= 0.3 is 0 Å². The molecule has 0 aliphatic heterocycles. The van der Waals surface area contributed by atoms with Crippen LogP contribution < -0.4 is 0 Å². The number of hydrogen-bond donors (Lipinski definition) is 0. The maximum Gasteiger partial charge on any atom is 0.156 e. The minimum atomic E-state index is 0.162. The molecule has 1 aromatic rings. The zero-order valence-corrected chi connectivity index (χ0v) is 9.31. The molecule has 0 atom stereocenters. The lowest BCUT2D eigenvalue weighted by molar-refractivity contribution is -0.114. The van der Waals surface area contributed by atoms with Crippen LogP contribution >= 0.6 is 0 Å². The van der Waals surface area contributed by atoms with Gasteiger partial charge in [-0.2, -0.15) is 0 Å². The summed E-state index contributed by atoms with van der Waals surface area (Å²) in [6.07, 6.45) is 4.03. The molecule has 1 aromatic carbocycles. The van der Waals surface area contributed by atoms with E-state index in [4.69, 9.17) is 0 Å². The van der Waals surface area contributed by atoms with Crippen molar-refractivity contribution in [2.24, 2.45) is 0 Å². The molecule has 0 radical (unpaired) electrons. The third-order valence-electron chi connectivity index (χ3n) is 2.14. The molecule has 2 heteroatoms. The quantitative estimate of drug-likeness (QED) is 0.686. The Balaban J connectivity index is 2.46. The molecular weight excluding hydrogens is 186 g/mol. The molecule has 0 fully saturated rings. The Hall–Kier alpha value is -1.57. The van der Waals surface area contributed by atoms with E-state index in [1.165, 1.54) is 5.56 Å². The zero-order chi connectivity index (χ0) is 11.1. The van der Waals surface area contributed by atoms with Crippen LogP contribution in [0.1, 0.15) is 18.9 Å². The van der Waals surface area contributed by atoms with Crippen LogP contribution in [-0.4, -0.2) is 17.7 Å². The SMILES string of the molecule is CCC(=O)/C=C/N(C)Cc1ccccc1. The number of allylic oxidation sites excluding steroid dienone is 1. The summed E-state index contributed by atoms with van der Waals surface area (Å²) in [6.45, 7) is 2.69. The van der Waals surface area contributed by atoms with Crippen molar-refractivity contribution in [1.82, 2.24) is 4.90 Å². The van der Waals surface area contributed by atoms with E-state index in [1.807, 2.05) is 43.3 Å². The lowest BCUT2D eigenvalue weighted by Crippen LogP contribution is -2.10. The van der Waals surface area contributed by atoms with Crippen molar-refractivity contribution in [2.45, 2.75) is 19.9 Å². The van der Waals surface area contributed by atoms with Gasteiger partial charge in [-0.05, 0) is 11.6 Å². The van der Waals surface area contributed by atoms with Crippen molar-refractivity contribution in [1.29, 1.82) is 0 Å². The molecule has 0 heterocycles. The van der Waals surface area contributed by atoms with Gasteiger partial charge in [-0.25, -0.2) is 0 Å². The van der Waals surface area contributed by atoms with Crippen molar-refractivity contribution in [3.8, 4) is 0 Å². The molecule has 0 aromatic heterocycles. The smallest absolute Gasteiger partial charge is 0.156 e. The van der Waals surface area contributed by atoms with Crippen LogP contribution in [0.2, 0.25) is 0 Å². The van der Waals surface area contributed by atoms with E-state index >= 15 is 0 Å². The largest absolute Gasteiger partial charge is 0.376 e. The summed E-state index contributed by atoms with van der Waals surface area (Å²) < 4.78 is 0. The summed E-state index contributed by atoms with van der Waals surface area (Å²) in [5, 5.41) is 0. The van der Waals surface area contributed by atoms with Crippen LogP contribution in [0.3, 0.4) is 0 Å². The minimum Gasteiger partial charge on any atom is -0.376 e. The molecule has 0 saturated heterocycles. The van der Waals surface area contributed by atoms with Crippen molar-refractivity contribution < 1.29 is 4.79 Å². The predicted molar refractivity (Wildman–Crippen MR) is 62.3 cm³/mol. The fourth-order valence-electron chi connectivity index (χ4n) is 1.25. The molecule has 0 amide bonds. The maximum absolute atomic E-state index is 11.1. The number of hydrogen-bond acceptors (Lipinski definition) is 2. The zero-order valence-electron chi connectivity index (χ0n) is 9.31. The van der Waals surface area contributed by atoms with Crippen LogP contribution in [0.15, 0.2) is 42.6 Å². The first-order valence-electron chi connectivity index (χ1n) is 5.17. The van der Waals surface area contributed by atoms with E-state index in [0.717, 1.165) is 6.54 Å². The van der Waals surface area contributed by atoms with Crippen molar-refractivity contribution >= 4 is 5.78 Å². The number of carbonyl (C=O) groups excluding carboxylic acids is 1. The molecule has 0 spiro atoms. The van der Waals surface area contributed by atoms with Gasteiger partial charge in [0.05, 0.1) is 0 Å². The van der Waals surface area contributed by atoms with Gasteiger partial charge in [0.15, 0.2) is 5.78 Å². The second-order valence-corrected chi connectivity index (χ2v) is 3.54. The van der Waals surface area contributed by atoms with E-state index < -0.39 is 0 Å². The third-order valence-corrected chi connectivity index (χ3v) is 2.14. The van der Waals surface area contributed by atoms with E-state index in [-0.39, 0.29) is 5.78 Å². The van der Waals surface area contributed by atoms with Crippen molar-refractivity contribution in [3.05, 3.63) is 48.2 Å². The number of nitrogens with zero attached hydrogens (tertiary/aromatic N) is 1. The second kappa shape index (κ2) is 6.02. The van der Waals surface area contributed by atoms with Gasteiger partial charge in [0.2, 0.25) is 0 Å². The Morgan fingerprint density at radius 2 is 2.00 bits per heavy atom. The summed E-state index contributed by atoms with van der Waals surface area (Å²) in [5.74, 6) is 0.162. The van der Waals surface area contributed by atoms with Crippen LogP contribution in [0.4, 0.5) is 0 Å². The van der Waals surface area contributed by atoms with Gasteiger partial charge in [0, 0.05) is 26.2 Å². The van der Waals surface area contributed by atoms with Gasteiger partial charge in [-0.3, -0.25) is 4.79 Å². The van der Waals surface area contributed by atoms with Gasteiger partial charge in [-0.1, -0.05) is 37.3 Å². The van der Waals surface area contributed by atoms with E-state index in [2.05, 4.69) is 12.1 Å². The summed E-state index contributed by atoms with van der Waals surface area (Å²) >= 11 is 0. The Labute approximate surface area is 91.2 Å². The van der Waals surface area contributed by atoms with Crippen molar-refractivity contribution in [2.75, 3.05) is 7.05 Å². The van der Waals surface area contributed by atoms with Crippen LogP contribution in [0, 0.1) is 0 Å². The molecule has 0 aliphatic carbocycles. The molecule has 80 valence electrons. The Bertz CT molecular complexity index is 330. The van der Waals surface area contributed by atoms with E-state index in [0.29, 0.717) is 6.42 Å². The summed E-state index contributed by atoms with van der Waals surface area (Å²) in [6, 6.07) is 10.2. The average molecular weight is 203 g/mol. The Morgan fingerprint density at radius 3 is 2.60 bits per heavy atom. The standard InChI is InChI=1S/C13H17NO/c1-3-13(15)9-10-14(2)11-12-7-5-4-6-8-12/h4-10H,3,11H2,1-2H3/b10-9+. The molecule has 0 saturated carbocycles. The molecule has 0 unspecified atom stereocenters. The minimum absolute atomic E-state index is 0.162. The number of carbonyl (C=O) groups is 1. The highest BCUT2D eigenvalue weighted by Crippen LogP contribution is 2.02. The number of ketones is 1. The predicted octanol–water partition coefficient (Wildman–Crippen LogP) is 2.61. The third kappa shape index (κ3) is 4.45. The molecular formula is C13H17NO. The normalized spacial score (nSPS) is 10.5. The van der Waals surface area contributed by atoms with E-state index in [1.54, 1.807) is 6.08 Å². The Morgan fingerprint density at radius 1 is 1.33 bits per heavy atom. The number of rotatable bonds is 5. The molecule has 0 aliphatic rings. The van der Waals surface area contributed by atoms with Gasteiger partial charge in [-0.15, -0.1) is 0 Å². The average Bonchev–Trinajstić information content (AvgIpc) is 2.27. The maximum atomic E-state index is 11.1. The number of benzene rings is 1. The Kier molecular flexibility index (Phi) is 4.61. The van der Waals surface area contributed by atoms with Crippen LogP contribution in [-0.2, 0) is 11.3 Å². The fraction of sp³-hybridized carbons (Fsp3) is 0.308. The molecule has 15 heavy (non-hydrogen) atoms. The lowest BCUT2D eigenvalue weighted by atomic mass is 10.2.